The summed E-state index contributed by atoms with van der Waals surface area (Å²) >= 11 is 6.03. The molecule has 4 rings (SSSR count). The monoisotopic (exact) mass is 607 g/mol. The van der Waals surface area contributed by atoms with Gasteiger partial charge in [-0.1, -0.05) is 90.0 Å². The summed E-state index contributed by atoms with van der Waals surface area (Å²) in [6, 6.07) is 26.9. The highest BCUT2D eigenvalue weighted by atomic mass is 35.5. The standard InChI is InChI=1S/C32H31ClFN3O4S/c1-23-10-9-13-25(18-23)21-36(30(32(39)35-2)19-24-11-5-3-6-12-24)31(38)22-37(26-16-17-29(34)28(33)20-26)42(40,41)27-14-7-4-8-15-27/h3-18,20,30H,19,21-22H2,1-2H3,(H,35,39)/t30-/m1/s1. The van der Waals surface area contributed by atoms with Gasteiger partial charge in [0, 0.05) is 20.0 Å². The first-order valence-corrected chi connectivity index (χ1v) is 15.1. The number of hydrogen-bond acceptors (Lipinski definition) is 4. The summed E-state index contributed by atoms with van der Waals surface area (Å²) in [5.74, 6) is -1.75. The maximum atomic E-state index is 14.2. The van der Waals surface area contributed by atoms with Gasteiger partial charge in [-0.2, -0.15) is 0 Å². The van der Waals surface area contributed by atoms with E-state index in [2.05, 4.69) is 5.32 Å². The van der Waals surface area contributed by atoms with Crippen LogP contribution < -0.4 is 9.62 Å². The molecule has 7 nitrogen and oxygen atoms in total. The van der Waals surface area contributed by atoms with Crippen LogP contribution in [0.1, 0.15) is 16.7 Å². The molecule has 0 spiro atoms. The molecule has 42 heavy (non-hydrogen) atoms. The van der Waals surface area contributed by atoms with Gasteiger partial charge in [-0.3, -0.25) is 13.9 Å². The molecule has 0 aliphatic rings. The van der Waals surface area contributed by atoms with Gasteiger partial charge in [0.15, 0.2) is 0 Å². The van der Waals surface area contributed by atoms with Gasteiger partial charge in [0.1, 0.15) is 18.4 Å². The highest BCUT2D eigenvalue weighted by Crippen LogP contribution is 2.28. The fourth-order valence-corrected chi connectivity index (χ4v) is 6.22. The zero-order valence-corrected chi connectivity index (χ0v) is 24.8. The van der Waals surface area contributed by atoms with Crippen LogP contribution in [0, 0.1) is 12.7 Å². The highest BCUT2D eigenvalue weighted by molar-refractivity contribution is 7.92. The van der Waals surface area contributed by atoms with Crippen LogP contribution in [0.3, 0.4) is 0 Å². The van der Waals surface area contributed by atoms with Crippen LogP contribution in [-0.4, -0.2) is 44.8 Å². The molecule has 0 aromatic heterocycles. The summed E-state index contributed by atoms with van der Waals surface area (Å²) in [5, 5.41) is 2.35. The van der Waals surface area contributed by atoms with Crippen LogP contribution in [0.15, 0.2) is 108 Å². The Bertz CT molecular complexity index is 1650. The zero-order chi connectivity index (χ0) is 30.3. The fraction of sp³-hybridized carbons (Fsp3) is 0.188. The van der Waals surface area contributed by atoms with Crippen LogP contribution in [-0.2, 0) is 32.6 Å². The summed E-state index contributed by atoms with van der Waals surface area (Å²) in [4.78, 5) is 28.8. The van der Waals surface area contributed by atoms with Gasteiger partial charge in [-0.25, -0.2) is 12.8 Å². The van der Waals surface area contributed by atoms with Crippen LogP contribution >= 0.6 is 11.6 Å². The molecule has 0 unspecified atom stereocenters. The largest absolute Gasteiger partial charge is 0.357 e. The third-order valence-electron chi connectivity index (χ3n) is 6.75. The van der Waals surface area contributed by atoms with Gasteiger partial charge in [-0.05, 0) is 48.4 Å². The van der Waals surface area contributed by atoms with Crippen LogP contribution in [0.4, 0.5) is 10.1 Å². The van der Waals surface area contributed by atoms with E-state index < -0.39 is 40.2 Å². The number of amides is 2. The first-order chi connectivity index (χ1) is 20.1. The van der Waals surface area contributed by atoms with E-state index in [-0.39, 0.29) is 28.6 Å². The summed E-state index contributed by atoms with van der Waals surface area (Å²) in [6.45, 7) is 1.31. The Kier molecular flexibility index (Phi) is 9.98. The molecule has 0 saturated heterocycles. The van der Waals surface area contributed by atoms with Crippen molar-refractivity contribution >= 4 is 39.1 Å². The van der Waals surface area contributed by atoms with E-state index in [9.17, 15) is 22.4 Å². The number of benzene rings is 4. The van der Waals surface area contributed by atoms with Gasteiger partial charge in [0.25, 0.3) is 10.0 Å². The molecular weight excluding hydrogens is 577 g/mol. The predicted molar refractivity (Wildman–Crippen MR) is 162 cm³/mol. The molecule has 1 atom stereocenters. The lowest BCUT2D eigenvalue weighted by Gasteiger charge is -2.33. The zero-order valence-electron chi connectivity index (χ0n) is 23.2. The minimum absolute atomic E-state index is 0.00802. The average Bonchev–Trinajstić information content (AvgIpc) is 2.99. The lowest BCUT2D eigenvalue weighted by atomic mass is 10.0. The molecule has 0 bridgehead atoms. The minimum atomic E-state index is -4.30. The Morgan fingerprint density at radius 3 is 2.14 bits per heavy atom. The lowest BCUT2D eigenvalue weighted by molar-refractivity contribution is -0.139. The van der Waals surface area contributed by atoms with Crippen molar-refractivity contribution in [2.75, 3.05) is 17.9 Å². The molecule has 218 valence electrons. The van der Waals surface area contributed by atoms with E-state index >= 15 is 0 Å². The number of carbonyl (C=O) groups excluding carboxylic acids is 2. The Morgan fingerprint density at radius 1 is 0.881 bits per heavy atom. The maximum absolute atomic E-state index is 14.2. The summed E-state index contributed by atoms with van der Waals surface area (Å²) in [6.07, 6.45) is 0.200. The number of likely N-dealkylation sites (N-methyl/N-ethyl adjacent to an activating group) is 1. The van der Waals surface area contributed by atoms with Crippen molar-refractivity contribution in [1.82, 2.24) is 10.2 Å². The van der Waals surface area contributed by atoms with Crippen molar-refractivity contribution in [2.45, 2.75) is 30.8 Å². The van der Waals surface area contributed by atoms with E-state index in [1.165, 1.54) is 30.1 Å². The number of anilines is 1. The molecule has 0 radical (unpaired) electrons. The van der Waals surface area contributed by atoms with E-state index in [1.54, 1.807) is 18.2 Å². The van der Waals surface area contributed by atoms with E-state index in [0.717, 1.165) is 33.1 Å². The second-order valence-electron chi connectivity index (χ2n) is 9.75. The lowest BCUT2D eigenvalue weighted by Crippen LogP contribution is -2.53. The van der Waals surface area contributed by atoms with E-state index in [0.29, 0.717) is 0 Å². The quantitative estimate of drug-likeness (QED) is 0.248. The molecule has 4 aromatic rings. The van der Waals surface area contributed by atoms with Gasteiger partial charge < -0.3 is 10.2 Å². The van der Waals surface area contributed by atoms with Crippen molar-refractivity contribution in [2.24, 2.45) is 0 Å². The van der Waals surface area contributed by atoms with Crippen LogP contribution in [0.25, 0.3) is 0 Å². The normalized spacial score (nSPS) is 11.9. The van der Waals surface area contributed by atoms with E-state index in [1.807, 2.05) is 61.5 Å². The summed E-state index contributed by atoms with van der Waals surface area (Å²) in [7, 11) is -2.81. The van der Waals surface area contributed by atoms with Crippen molar-refractivity contribution in [1.29, 1.82) is 0 Å². The number of aryl methyl sites for hydroxylation is 1. The molecule has 1 N–H and O–H groups in total. The first kappa shape index (κ1) is 30.7. The van der Waals surface area contributed by atoms with Crippen LogP contribution in [0.5, 0.6) is 0 Å². The maximum Gasteiger partial charge on any atom is 0.264 e. The van der Waals surface area contributed by atoms with Crippen molar-refractivity contribution < 1.29 is 22.4 Å². The molecular formula is C32H31ClFN3O4S. The van der Waals surface area contributed by atoms with Crippen molar-refractivity contribution in [3.8, 4) is 0 Å². The molecule has 0 aliphatic carbocycles. The minimum Gasteiger partial charge on any atom is -0.357 e. The third kappa shape index (κ3) is 7.35. The summed E-state index contributed by atoms with van der Waals surface area (Å²) < 4.78 is 42.7. The van der Waals surface area contributed by atoms with Crippen LogP contribution in [0.2, 0.25) is 5.02 Å². The smallest absolute Gasteiger partial charge is 0.264 e. The highest BCUT2D eigenvalue weighted by Gasteiger charge is 2.34. The van der Waals surface area contributed by atoms with Gasteiger partial charge in [0.05, 0.1) is 15.6 Å². The molecule has 0 fully saturated rings. The molecule has 0 aliphatic heterocycles. The number of carbonyl (C=O) groups is 2. The van der Waals surface area contributed by atoms with Crippen molar-refractivity contribution in [3.63, 3.8) is 0 Å². The van der Waals surface area contributed by atoms with Crippen molar-refractivity contribution in [3.05, 3.63) is 131 Å². The van der Waals surface area contributed by atoms with Gasteiger partial charge >= 0.3 is 0 Å². The molecule has 0 saturated carbocycles. The number of halogens is 2. The van der Waals surface area contributed by atoms with Gasteiger partial charge in [0.2, 0.25) is 11.8 Å². The molecule has 10 heteroatoms. The van der Waals surface area contributed by atoms with Gasteiger partial charge in [-0.15, -0.1) is 0 Å². The third-order valence-corrected chi connectivity index (χ3v) is 8.83. The Morgan fingerprint density at radius 2 is 1.52 bits per heavy atom. The SMILES string of the molecule is CNC(=O)[C@@H](Cc1ccccc1)N(Cc1cccc(C)c1)C(=O)CN(c1ccc(F)c(Cl)c1)S(=O)(=O)c1ccccc1. The Hall–Kier alpha value is -4.21. The second-order valence-corrected chi connectivity index (χ2v) is 12.0. The number of nitrogens with one attached hydrogen (secondary N) is 1. The molecule has 2 amide bonds. The topological polar surface area (TPSA) is 86.8 Å². The Balaban J connectivity index is 1.80. The fourth-order valence-electron chi connectivity index (χ4n) is 4.62. The van der Waals surface area contributed by atoms with E-state index in [4.69, 9.17) is 11.6 Å². The first-order valence-electron chi connectivity index (χ1n) is 13.2. The number of nitrogens with zero attached hydrogens (tertiary/aromatic N) is 2. The molecule has 0 heterocycles. The number of hydrogen-bond donors (Lipinski definition) is 1. The summed E-state index contributed by atoms with van der Waals surface area (Å²) in [5.41, 5.74) is 2.57. The number of sulfonamides is 1. The average molecular weight is 608 g/mol. The Labute approximate surface area is 250 Å². The number of rotatable bonds is 11. The second kappa shape index (κ2) is 13.6. The predicted octanol–water partition coefficient (Wildman–Crippen LogP) is 5.37. The molecule has 4 aromatic carbocycles.